The molecule has 1 saturated heterocycles. The van der Waals surface area contributed by atoms with Gasteiger partial charge in [-0.3, -0.25) is 9.89 Å². The molecule has 0 spiro atoms. The number of aliphatic imine (C=N–C) groups is 1. The Morgan fingerprint density at radius 2 is 1.97 bits per heavy atom. The molecule has 0 bridgehead atoms. The zero-order chi connectivity index (χ0) is 22.8. The van der Waals surface area contributed by atoms with Crippen molar-refractivity contribution in [2.75, 3.05) is 32.8 Å². The second-order valence-corrected chi connectivity index (χ2v) is 8.32. The molecule has 7 heteroatoms. The number of aliphatic hydroxyl groups is 1. The van der Waals surface area contributed by atoms with E-state index in [1.807, 2.05) is 50.2 Å². The van der Waals surface area contributed by atoms with E-state index in [2.05, 4.69) is 20.5 Å². The fraction of sp³-hybridized carbons (Fsp3) is 0.480. The highest BCUT2D eigenvalue weighted by Gasteiger charge is 2.20. The van der Waals surface area contributed by atoms with Crippen molar-refractivity contribution in [1.82, 2.24) is 15.5 Å². The summed E-state index contributed by atoms with van der Waals surface area (Å²) in [4.78, 5) is 6.94. The molecular formula is C25H35FN4O2. The van der Waals surface area contributed by atoms with Crippen LogP contribution in [0.2, 0.25) is 0 Å². The summed E-state index contributed by atoms with van der Waals surface area (Å²) in [5, 5.41) is 17.0. The van der Waals surface area contributed by atoms with Crippen LogP contribution in [-0.4, -0.2) is 60.9 Å². The van der Waals surface area contributed by atoms with Gasteiger partial charge < -0.3 is 20.5 Å². The average Bonchev–Trinajstić information content (AvgIpc) is 2.79. The fourth-order valence-corrected chi connectivity index (χ4v) is 3.74. The Kier molecular flexibility index (Phi) is 9.31. The van der Waals surface area contributed by atoms with E-state index in [1.54, 1.807) is 0 Å². The fourth-order valence-electron chi connectivity index (χ4n) is 3.74. The molecule has 1 aliphatic heterocycles. The van der Waals surface area contributed by atoms with Crippen LogP contribution in [0.25, 0.3) is 0 Å². The van der Waals surface area contributed by atoms with Crippen molar-refractivity contribution >= 4 is 5.96 Å². The molecule has 174 valence electrons. The van der Waals surface area contributed by atoms with Crippen LogP contribution < -0.4 is 15.4 Å². The molecule has 1 atom stereocenters. The van der Waals surface area contributed by atoms with E-state index in [9.17, 15) is 9.50 Å². The minimum Gasteiger partial charge on any atom is -0.491 e. The van der Waals surface area contributed by atoms with Crippen LogP contribution in [0.15, 0.2) is 53.5 Å². The zero-order valence-corrected chi connectivity index (χ0v) is 19.1. The first-order chi connectivity index (χ1) is 15.5. The summed E-state index contributed by atoms with van der Waals surface area (Å²) >= 11 is 0. The van der Waals surface area contributed by atoms with Crippen LogP contribution in [-0.2, 0) is 6.54 Å². The van der Waals surface area contributed by atoms with Gasteiger partial charge in [0.25, 0.3) is 0 Å². The number of halogens is 1. The lowest BCUT2D eigenvalue weighted by atomic mass is 10.0. The number of hydrogen-bond donors (Lipinski definition) is 3. The largest absolute Gasteiger partial charge is 0.491 e. The van der Waals surface area contributed by atoms with Crippen LogP contribution in [0.5, 0.6) is 5.75 Å². The van der Waals surface area contributed by atoms with Crippen molar-refractivity contribution in [1.29, 1.82) is 0 Å². The second kappa shape index (κ2) is 12.4. The van der Waals surface area contributed by atoms with E-state index in [0.29, 0.717) is 6.04 Å². The van der Waals surface area contributed by atoms with Crippen molar-refractivity contribution in [2.24, 2.45) is 4.99 Å². The Labute approximate surface area is 190 Å². The summed E-state index contributed by atoms with van der Waals surface area (Å²) in [5.41, 5.74) is 2.26. The number of benzene rings is 2. The number of guanidine groups is 1. The average molecular weight is 443 g/mol. The molecule has 0 radical (unpaired) electrons. The normalized spacial score (nSPS) is 16.6. The van der Waals surface area contributed by atoms with Crippen molar-refractivity contribution in [3.8, 4) is 5.75 Å². The number of hydrogen-bond acceptors (Lipinski definition) is 4. The van der Waals surface area contributed by atoms with Gasteiger partial charge in [0.1, 0.15) is 24.3 Å². The highest BCUT2D eigenvalue weighted by Crippen LogP contribution is 2.15. The molecule has 3 N–H and O–H groups in total. The molecule has 0 saturated carbocycles. The van der Waals surface area contributed by atoms with Crippen molar-refractivity contribution in [3.63, 3.8) is 0 Å². The van der Waals surface area contributed by atoms with Gasteiger partial charge in [0.2, 0.25) is 0 Å². The molecule has 0 amide bonds. The summed E-state index contributed by atoms with van der Waals surface area (Å²) in [6, 6.07) is 14.8. The van der Waals surface area contributed by atoms with Crippen LogP contribution in [0.4, 0.5) is 4.39 Å². The van der Waals surface area contributed by atoms with E-state index in [1.165, 1.54) is 12.1 Å². The molecule has 0 aromatic heterocycles. The van der Waals surface area contributed by atoms with Crippen LogP contribution in [0.1, 0.15) is 30.9 Å². The first kappa shape index (κ1) is 24.0. The Bertz CT molecular complexity index is 851. The van der Waals surface area contributed by atoms with Gasteiger partial charge in [0, 0.05) is 32.2 Å². The van der Waals surface area contributed by atoms with Gasteiger partial charge >= 0.3 is 0 Å². The highest BCUT2D eigenvalue weighted by atomic mass is 19.1. The lowest BCUT2D eigenvalue weighted by Crippen LogP contribution is -2.48. The summed E-state index contributed by atoms with van der Waals surface area (Å²) in [6.45, 7) is 8.05. The first-order valence-electron chi connectivity index (χ1n) is 11.4. The molecule has 6 nitrogen and oxygen atoms in total. The summed E-state index contributed by atoms with van der Waals surface area (Å²) in [6.07, 6.45) is 1.33. The predicted octanol–water partition coefficient (Wildman–Crippen LogP) is 3.09. The molecule has 2 aromatic rings. The maximum Gasteiger partial charge on any atom is 0.191 e. The van der Waals surface area contributed by atoms with E-state index in [4.69, 9.17) is 4.74 Å². The summed E-state index contributed by atoms with van der Waals surface area (Å²) < 4.78 is 18.8. The minimum absolute atomic E-state index is 0.196. The molecule has 1 aliphatic rings. The first-order valence-corrected chi connectivity index (χ1v) is 11.4. The van der Waals surface area contributed by atoms with Gasteiger partial charge in [-0.2, -0.15) is 0 Å². The number of nitrogens with one attached hydrogen (secondary N) is 2. The van der Waals surface area contributed by atoms with Gasteiger partial charge in [-0.15, -0.1) is 0 Å². The molecule has 0 aliphatic carbocycles. The molecular weight excluding hydrogens is 407 g/mol. The maximum atomic E-state index is 13.1. The van der Waals surface area contributed by atoms with Gasteiger partial charge in [-0.25, -0.2) is 4.39 Å². The number of rotatable bonds is 9. The Morgan fingerprint density at radius 1 is 1.22 bits per heavy atom. The van der Waals surface area contributed by atoms with Crippen molar-refractivity contribution in [3.05, 3.63) is 65.5 Å². The standard InChI is InChI=1S/C25H35FN4O2/c1-3-27-25(28-16-23(31)18-32-24-6-4-5-19(2)15-24)29-22-11-13-30(14-12-22)17-20-7-9-21(26)10-8-20/h4-10,15,22-23,31H,3,11-14,16-18H2,1-2H3,(H2,27,28,29). The van der Waals surface area contributed by atoms with E-state index in [-0.39, 0.29) is 19.0 Å². The Hall–Kier alpha value is -2.64. The lowest BCUT2D eigenvalue weighted by Gasteiger charge is -2.33. The molecule has 32 heavy (non-hydrogen) atoms. The number of likely N-dealkylation sites (tertiary alicyclic amines) is 1. The summed E-state index contributed by atoms with van der Waals surface area (Å²) in [5.74, 6) is 1.28. The SMILES string of the molecule is CCNC(=NCC(O)COc1cccc(C)c1)NC1CCN(Cc2ccc(F)cc2)CC1. The zero-order valence-electron chi connectivity index (χ0n) is 19.1. The molecule has 1 unspecified atom stereocenters. The third kappa shape index (κ3) is 8.13. The molecule has 3 rings (SSSR count). The second-order valence-electron chi connectivity index (χ2n) is 8.32. The molecule has 1 heterocycles. The van der Waals surface area contributed by atoms with Crippen LogP contribution in [0, 0.1) is 12.7 Å². The minimum atomic E-state index is -0.677. The lowest BCUT2D eigenvalue weighted by molar-refractivity contribution is 0.114. The van der Waals surface area contributed by atoms with E-state index in [0.717, 1.165) is 61.9 Å². The monoisotopic (exact) mass is 442 g/mol. The topological polar surface area (TPSA) is 69.1 Å². The summed E-state index contributed by atoms with van der Waals surface area (Å²) in [7, 11) is 0. The van der Waals surface area contributed by atoms with Gasteiger partial charge in [0.15, 0.2) is 5.96 Å². The van der Waals surface area contributed by atoms with Crippen LogP contribution >= 0.6 is 0 Å². The smallest absolute Gasteiger partial charge is 0.191 e. The maximum absolute atomic E-state index is 13.1. The van der Waals surface area contributed by atoms with E-state index >= 15 is 0 Å². The number of ether oxygens (including phenoxy) is 1. The van der Waals surface area contributed by atoms with Gasteiger partial charge in [-0.05, 0) is 62.1 Å². The van der Waals surface area contributed by atoms with Gasteiger partial charge in [-0.1, -0.05) is 24.3 Å². The third-order valence-electron chi connectivity index (χ3n) is 5.48. The number of aryl methyl sites for hydroxylation is 1. The van der Waals surface area contributed by atoms with E-state index < -0.39 is 6.10 Å². The quantitative estimate of drug-likeness (QED) is 0.411. The molecule has 2 aromatic carbocycles. The number of piperidine rings is 1. The highest BCUT2D eigenvalue weighted by molar-refractivity contribution is 5.80. The van der Waals surface area contributed by atoms with Crippen molar-refractivity contribution < 1.29 is 14.2 Å². The number of aliphatic hydroxyl groups excluding tert-OH is 1. The van der Waals surface area contributed by atoms with Crippen molar-refractivity contribution in [2.45, 2.75) is 45.4 Å². The Balaban J connectivity index is 1.42. The Morgan fingerprint density at radius 3 is 2.66 bits per heavy atom. The third-order valence-corrected chi connectivity index (χ3v) is 5.48. The van der Waals surface area contributed by atoms with Gasteiger partial charge in [0.05, 0.1) is 6.54 Å². The van der Waals surface area contributed by atoms with Crippen LogP contribution in [0.3, 0.4) is 0 Å². The number of nitrogens with zero attached hydrogens (tertiary/aromatic N) is 2. The predicted molar refractivity (Wildman–Crippen MR) is 126 cm³/mol. The molecule has 1 fully saturated rings.